The second-order valence-corrected chi connectivity index (χ2v) is 9.15. The number of nitrogens with zero attached hydrogens (tertiary/aromatic N) is 2. The first-order chi connectivity index (χ1) is 15.5. The number of amides is 1. The zero-order chi connectivity index (χ0) is 22.2. The maximum absolute atomic E-state index is 13.2. The summed E-state index contributed by atoms with van der Waals surface area (Å²) in [6, 6.07) is 22.5. The van der Waals surface area contributed by atoms with Crippen LogP contribution < -0.4 is 10.9 Å². The summed E-state index contributed by atoms with van der Waals surface area (Å²) in [5.41, 5.74) is 3.60. The summed E-state index contributed by atoms with van der Waals surface area (Å²) in [6.07, 6.45) is 0.234. The van der Waals surface area contributed by atoms with E-state index in [1.807, 2.05) is 48.0 Å². The maximum atomic E-state index is 13.2. The Morgan fingerprint density at radius 1 is 1.03 bits per heavy atom. The second-order valence-electron chi connectivity index (χ2n) is 8.21. The van der Waals surface area contributed by atoms with E-state index in [9.17, 15) is 9.59 Å². The second kappa shape index (κ2) is 8.28. The Morgan fingerprint density at radius 2 is 1.84 bits per heavy atom. The number of hydrogen-bond acceptors (Lipinski definition) is 4. The number of thioether (sulfide) groups is 1. The summed E-state index contributed by atoms with van der Waals surface area (Å²) in [6.45, 7) is 2.06. The molecular formula is C26H23N3O2S. The van der Waals surface area contributed by atoms with Crippen LogP contribution in [-0.2, 0) is 17.6 Å². The highest BCUT2D eigenvalue weighted by atomic mass is 32.2. The van der Waals surface area contributed by atoms with Gasteiger partial charge in [-0.3, -0.25) is 9.59 Å². The molecule has 1 unspecified atom stereocenters. The smallest absolute Gasteiger partial charge is 0.279 e. The first-order valence-corrected chi connectivity index (χ1v) is 11.6. The van der Waals surface area contributed by atoms with Crippen LogP contribution >= 0.6 is 11.8 Å². The molecule has 0 bridgehead atoms. The molecule has 1 aliphatic rings. The molecule has 1 amide bonds. The highest BCUT2D eigenvalue weighted by Gasteiger charge is 2.32. The predicted molar refractivity (Wildman–Crippen MR) is 129 cm³/mol. The van der Waals surface area contributed by atoms with Gasteiger partial charge in [0.1, 0.15) is 5.82 Å². The summed E-state index contributed by atoms with van der Waals surface area (Å²) in [5.74, 6) is 0.839. The van der Waals surface area contributed by atoms with Crippen LogP contribution in [0.15, 0.2) is 76.7 Å². The average molecular weight is 442 g/mol. The summed E-state index contributed by atoms with van der Waals surface area (Å²) >= 11 is 1.50. The topological polar surface area (TPSA) is 64.0 Å². The van der Waals surface area contributed by atoms with E-state index < -0.39 is 0 Å². The summed E-state index contributed by atoms with van der Waals surface area (Å²) in [4.78, 5) is 30.2. The van der Waals surface area contributed by atoms with Crippen molar-refractivity contribution < 1.29 is 4.79 Å². The molecule has 1 N–H and O–H groups in total. The van der Waals surface area contributed by atoms with Crippen molar-refractivity contribution in [2.45, 2.75) is 30.2 Å². The molecular weight excluding hydrogens is 418 g/mol. The number of anilines is 1. The molecule has 3 aromatic carbocycles. The van der Waals surface area contributed by atoms with E-state index in [-0.39, 0.29) is 23.8 Å². The predicted octanol–water partition coefficient (Wildman–Crippen LogP) is 5.01. The lowest BCUT2D eigenvalue weighted by atomic mass is 9.86. The van der Waals surface area contributed by atoms with Crippen molar-refractivity contribution >= 4 is 34.3 Å². The number of benzene rings is 3. The fourth-order valence-corrected chi connectivity index (χ4v) is 5.23. The van der Waals surface area contributed by atoms with E-state index in [1.165, 1.54) is 22.9 Å². The van der Waals surface area contributed by atoms with Gasteiger partial charge in [-0.2, -0.15) is 4.98 Å². The number of carbonyl (C=O) groups excluding carboxylic acids is 1. The molecule has 160 valence electrons. The normalized spacial score (nSPS) is 15.4. The molecule has 0 aliphatic carbocycles. The first kappa shape index (κ1) is 20.5. The molecule has 6 heteroatoms. The Kier molecular flexibility index (Phi) is 5.31. The molecule has 0 saturated heterocycles. The Hall–Kier alpha value is -3.38. The van der Waals surface area contributed by atoms with E-state index in [0.717, 1.165) is 16.3 Å². The largest absolute Gasteiger partial charge is 0.312 e. The molecule has 2 heterocycles. The van der Waals surface area contributed by atoms with E-state index in [0.29, 0.717) is 22.3 Å². The van der Waals surface area contributed by atoms with Crippen molar-refractivity contribution in [3.8, 4) is 0 Å². The van der Waals surface area contributed by atoms with Crippen molar-refractivity contribution in [1.29, 1.82) is 0 Å². The third kappa shape index (κ3) is 3.82. The van der Waals surface area contributed by atoms with Crippen LogP contribution in [0, 0.1) is 6.92 Å². The number of rotatable bonds is 4. The van der Waals surface area contributed by atoms with Crippen LogP contribution in [0.25, 0.3) is 10.8 Å². The van der Waals surface area contributed by atoms with Crippen LogP contribution in [0.2, 0.25) is 0 Å². The molecule has 5 rings (SSSR count). The molecule has 0 fully saturated rings. The van der Waals surface area contributed by atoms with Gasteiger partial charge in [-0.05, 0) is 28.8 Å². The quantitative estimate of drug-likeness (QED) is 0.357. The Labute approximate surface area is 190 Å². The van der Waals surface area contributed by atoms with Gasteiger partial charge in [-0.15, -0.1) is 0 Å². The van der Waals surface area contributed by atoms with Crippen LogP contribution in [0.4, 0.5) is 5.82 Å². The fourth-order valence-electron chi connectivity index (χ4n) is 4.32. The molecule has 0 spiro atoms. The highest BCUT2D eigenvalue weighted by Crippen LogP contribution is 2.37. The SMILES string of the molecule is Cc1cccc(CSc2nc(=O)c3c(n2C)NC(=O)CC3c2ccc3ccccc3c2)c1. The Balaban J connectivity index is 1.54. The molecule has 32 heavy (non-hydrogen) atoms. The Morgan fingerprint density at radius 3 is 2.66 bits per heavy atom. The van der Waals surface area contributed by atoms with Gasteiger partial charge >= 0.3 is 0 Å². The monoisotopic (exact) mass is 441 g/mol. The van der Waals surface area contributed by atoms with Gasteiger partial charge in [0.05, 0.1) is 5.56 Å². The van der Waals surface area contributed by atoms with E-state index in [2.05, 4.69) is 47.6 Å². The zero-order valence-electron chi connectivity index (χ0n) is 18.0. The minimum Gasteiger partial charge on any atom is -0.312 e. The first-order valence-electron chi connectivity index (χ1n) is 10.6. The van der Waals surface area contributed by atoms with Crippen LogP contribution in [0.1, 0.15) is 34.6 Å². The fraction of sp³-hybridized carbons (Fsp3) is 0.192. The van der Waals surface area contributed by atoms with Crippen molar-refractivity contribution in [1.82, 2.24) is 9.55 Å². The number of aryl methyl sites for hydroxylation is 1. The van der Waals surface area contributed by atoms with Crippen LogP contribution in [0.5, 0.6) is 0 Å². The molecule has 1 aliphatic heterocycles. The summed E-state index contributed by atoms with van der Waals surface area (Å²) in [5, 5.41) is 5.74. The lowest BCUT2D eigenvalue weighted by Gasteiger charge is -2.27. The van der Waals surface area contributed by atoms with Gasteiger partial charge in [0.15, 0.2) is 5.16 Å². The van der Waals surface area contributed by atoms with Gasteiger partial charge in [-0.1, -0.05) is 84.1 Å². The molecule has 0 radical (unpaired) electrons. The third-order valence-electron chi connectivity index (χ3n) is 5.93. The van der Waals surface area contributed by atoms with Gasteiger partial charge < -0.3 is 9.88 Å². The molecule has 5 nitrogen and oxygen atoms in total. The number of nitrogens with one attached hydrogen (secondary N) is 1. The average Bonchev–Trinajstić information content (AvgIpc) is 2.79. The lowest BCUT2D eigenvalue weighted by molar-refractivity contribution is -0.116. The van der Waals surface area contributed by atoms with Crippen molar-refractivity contribution in [2.75, 3.05) is 5.32 Å². The van der Waals surface area contributed by atoms with Crippen molar-refractivity contribution in [3.63, 3.8) is 0 Å². The van der Waals surface area contributed by atoms with Crippen molar-refractivity contribution in [3.05, 3.63) is 99.3 Å². The van der Waals surface area contributed by atoms with E-state index in [4.69, 9.17) is 0 Å². The number of aromatic nitrogens is 2. The number of hydrogen-bond donors (Lipinski definition) is 1. The van der Waals surface area contributed by atoms with Gasteiger partial charge in [0, 0.05) is 25.1 Å². The molecule has 1 aromatic heterocycles. The van der Waals surface area contributed by atoms with Gasteiger partial charge in [0.25, 0.3) is 5.56 Å². The highest BCUT2D eigenvalue weighted by molar-refractivity contribution is 7.98. The number of carbonyl (C=O) groups is 1. The van der Waals surface area contributed by atoms with Crippen LogP contribution in [-0.4, -0.2) is 15.5 Å². The summed E-state index contributed by atoms with van der Waals surface area (Å²) in [7, 11) is 1.85. The molecule has 4 aromatic rings. The lowest BCUT2D eigenvalue weighted by Crippen LogP contribution is -2.33. The maximum Gasteiger partial charge on any atom is 0.279 e. The summed E-state index contributed by atoms with van der Waals surface area (Å²) < 4.78 is 1.84. The van der Waals surface area contributed by atoms with Gasteiger partial charge in [0.2, 0.25) is 5.91 Å². The van der Waals surface area contributed by atoms with Crippen molar-refractivity contribution in [2.24, 2.45) is 7.05 Å². The zero-order valence-corrected chi connectivity index (χ0v) is 18.8. The minimum atomic E-state index is -0.314. The molecule has 1 atom stereocenters. The Bertz CT molecular complexity index is 1410. The van der Waals surface area contributed by atoms with Gasteiger partial charge in [-0.25, -0.2) is 0 Å². The molecule has 0 saturated carbocycles. The standard InChI is InChI=1S/C26H23N3O2S/c1-16-6-5-7-17(12-16)15-32-26-28-25(31)23-21(14-22(30)27-24(23)29(26)2)20-11-10-18-8-3-4-9-19(18)13-20/h3-13,21H,14-15H2,1-2H3,(H,27,30). The van der Waals surface area contributed by atoms with E-state index in [1.54, 1.807) is 0 Å². The van der Waals surface area contributed by atoms with Crippen LogP contribution in [0.3, 0.4) is 0 Å². The number of fused-ring (bicyclic) bond motifs is 2. The third-order valence-corrected chi connectivity index (χ3v) is 7.03. The van der Waals surface area contributed by atoms with E-state index >= 15 is 0 Å². The minimum absolute atomic E-state index is 0.0912.